The maximum Gasteiger partial charge on any atom is 0.211 e. The number of thiazole rings is 1. The number of nitrogens with zero attached hydrogens (tertiary/aromatic N) is 3. The van der Waals surface area contributed by atoms with Crippen LogP contribution in [0.3, 0.4) is 0 Å². The molecule has 0 radical (unpaired) electrons. The van der Waals surface area contributed by atoms with Crippen molar-refractivity contribution in [1.82, 2.24) is 4.98 Å². The first-order valence-corrected chi connectivity index (χ1v) is 8.52. The van der Waals surface area contributed by atoms with Gasteiger partial charge in [-0.2, -0.15) is 5.10 Å². The SMILES string of the molecule is C/C(=N\N=C(N)N)c1sc(-c2ccc(OCC(C)C)cc2)nc1C. The Labute approximate surface area is 146 Å². The number of aryl methyl sites for hydroxylation is 1. The molecule has 7 heteroatoms. The molecule has 0 saturated heterocycles. The number of hydrogen-bond donors (Lipinski definition) is 2. The molecule has 0 atom stereocenters. The highest BCUT2D eigenvalue weighted by Crippen LogP contribution is 2.29. The average molecular weight is 345 g/mol. The maximum atomic E-state index is 5.71. The zero-order chi connectivity index (χ0) is 17.7. The topological polar surface area (TPSA) is 98.9 Å². The van der Waals surface area contributed by atoms with Gasteiger partial charge < -0.3 is 16.2 Å². The third kappa shape index (κ3) is 4.79. The average Bonchev–Trinajstić information content (AvgIpc) is 2.93. The van der Waals surface area contributed by atoms with Gasteiger partial charge in [0.25, 0.3) is 0 Å². The van der Waals surface area contributed by atoms with Crippen LogP contribution in [-0.2, 0) is 0 Å². The molecule has 2 rings (SSSR count). The fraction of sp³-hybridized carbons (Fsp3) is 0.353. The molecule has 6 nitrogen and oxygen atoms in total. The Kier molecular flexibility index (Phi) is 5.92. The zero-order valence-corrected chi connectivity index (χ0v) is 15.2. The fourth-order valence-corrected chi connectivity index (χ4v) is 3.00. The van der Waals surface area contributed by atoms with Gasteiger partial charge in [0, 0.05) is 5.56 Å². The van der Waals surface area contributed by atoms with Crippen LogP contribution in [0.5, 0.6) is 5.75 Å². The lowest BCUT2D eigenvalue weighted by Gasteiger charge is -2.08. The van der Waals surface area contributed by atoms with Crippen LogP contribution < -0.4 is 16.2 Å². The van der Waals surface area contributed by atoms with Gasteiger partial charge in [0.05, 0.1) is 22.9 Å². The highest BCUT2D eigenvalue weighted by atomic mass is 32.1. The second-order valence-corrected chi connectivity index (χ2v) is 6.87. The summed E-state index contributed by atoms with van der Waals surface area (Å²) in [6.45, 7) is 8.77. The lowest BCUT2D eigenvalue weighted by Crippen LogP contribution is -2.22. The molecule has 0 aliphatic heterocycles. The normalized spacial score (nSPS) is 11.6. The molecule has 24 heavy (non-hydrogen) atoms. The molecule has 0 fully saturated rings. The highest BCUT2D eigenvalue weighted by Gasteiger charge is 2.12. The van der Waals surface area contributed by atoms with Crippen LogP contribution >= 0.6 is 11.3 Å². The minimum atomic E-state index is -0.0614. The van der Waals surface area contributed by atoms with E-state index in [1.165, 1.54) is 0 Å². The van der Waals surface area contributed by atoms with Crippen molar-refractivity contribution < 1.29 is 4.74 Å². The lowest BCUT2D eigenvalue weighted by molar-refractivity contribution is 0.271. The Morgan fingerprint density at radius 3 is 2.46 bits per heavy atom. The molecular weight excluding hydrogens is 322 g/mol. The van der Waals surface area contributed by atoms with Crippen molar-refractivity contribution in [1.29, 1.82) is 0 Å². The van der Waals surface area contributed by atoms with E-state index in [9.17, 15) is 0 Å². The predicted molar refractivity (Wildman–Crippen MR) is 101 cm³/mol. The van der Waals surface area contributed by atoms with Crippen molar-refractivity contribution >= 4 is 23.0 Å². The molecular formula is C17H23N5OS. The Bertz CT molecular complexity index is 743. The summed E-state index contributed by atoms with van der Waals surface area (Å²) in [5, 5.41) is 8.64. The molecule has 0 aliphatic rings. The standard InChI is InChI=1S/C17H23N5OS/c1-10(2)9-23-14-7-5-13(6-8-14)16-20-11(3)15(24-16)12(4)21-22-17(18)19/h5-8,10H,9H2,1-4H3,(H4,18,19,22)/b21-12+. The van der Waals surface area contributed by atoms with Gasteiger partial charge in [-0.1, -0.05) is 13.8 Å². The van der Waals surface area contributed by atoms with Crippen molar-refractivity contribution in [2.45, 2.75) is 27.7 Å². The smallest absolute Gasteiger partial charge is 0.211 e. The van der Waals surface area contributed by atoms with Gasteiger partial charge in [-0.05, 0) is 44.0 Å². The summed E-state index contributed by atoms with van der Waals surface area (Å²) in [5.74, 6) is 1.31. The third-order valence-corrected chi connectivity index (χ3v) is 4.44. The molecule has 0 bridgehead atoms. The zero-order valence-electron chi connectivity index (χ0n) is 14.4. The van der Waals surface area contributed by atoms with Gasteiger partial charge in [-0.25, -0.2) is 4.98 Å². The van der Waals surface area contributed by atoms with Crippen molar-refractivity contribution in [2.24, 2.45) is 27.6 Å². The number of ether oxygens (including phenoxy) is 1. The molecule has 1 aromatic heterocycles. The molecule has 0 amide bonds. The van der Waals surface area contributed by atoms with E-state index in [0.717, 1.165) is 32.6 Å². The molecule has 1 aromatic carbocycles. The van der Waals surface area contributed by atoms with E-state index in [-0.39, 0.29) is 5.96 Å². The maximum absolute atomic E-state index is 5.71. The minimum Gasteiger partial charge on any atom is -0.493 e. The summed E-state index contributed by atoms with van der Waals surface area (Å²) < 4.78 is 5.71. The largest absolute Gasteiger partial charge is 0.493 e. The first kappa shape index (κ1) is 17.9. The van der Waals surface area contributed by atoms with Crippen LogP contribution in [0.2, 0.25) is 0 Å². The Balaban J connectivity index is 2.20. The minimum absolute atomic E-state index is 0.0614. The van der Waals surface area contributed by atoms with Crippen LogP contribution in [0.4, 0.5) is 0 Å². The van der Waals surface area contributed by atoms with Crippen LogP contribution in [0.15, 0.2) is 34.5 Å². The number of nitrogens with two attached hydrogens (primary N) is 2. The van der Waals surface area contributed by atoms with E-state index in [1.807, 2.05) is 38.1 Å². The van der Waals surface area contributed by atoms with Crippen LogP contribution in [0.1, 0.15) is 31.3 Å². The van der Waals surface area contributed by atoms with Gasteiger partial charge in [0.1, 0.15) is 10.8 Å². The Morgan fingerprint density at radius 2 is 1.88 bits per heavy atom. The van der Waals surface area contributed by atoms with E-state index >= 15 is 0 Å². The predicted octanol–water partition coefficient (Wildman–Crippen LogP) is 3.15. The molecule has 128 valence electrons. The molecule has 0 saturated carbocycles. The molecule has 2 aromatic rings. The molecule has 1 heterocycles. The molecule has 4 N–H and O–H groups in total. The number of guanidine groups is 1. The monoisotopic (exact) mass is 345 g/mol. The second kappa shape index (κ2) is 7.92. The molecule has 0 unspecified atom stereocenters. The van der Waals surface area contributed by atoms with Gasteiger partial charge >= 0.3 is 0 Å². The summed E-state index contributed by atoms with van der Waals surface area (Å²) in [4.78, 5) is 5.59. The van der Waals surface area contributed by atoms with Gasteiger partial charge in [0.2, 0.25) is 5.96 Å². The lowest BCUT2D eigenvalue weighted by atomic mass is 10.2. The number of aromatic nitrogens is 1. The number of hydrogen-bond acceptors (Lipinski definition) is 5. The summed E-state index contributed by atoms with van der Waals surface area (Å²) in [6, 6.07) is 7.96. The summed E-state index contributed by atoms with van der Waals surface area (Å²) in [5.41, 5.74) is 13.3. The van der Waals surface area contributed by atoms with Crippen molar-refractivity contribution in [2.75, 3.05) is 6.61 Å². The van der Waals surface area contributed by atoms with Crippen molar-refractivity contribution in [3.05, 3.63) is 34.8 Å². The summed E-state index contributed by atoms with van der Waals surface area (Å²) in [6.07, 6.45) is 0. The van der Waals surface area contributed by atoms with Gasteiger partial charge in [-0.3, -0.25) is 0 Å². The highest BCUT2D eigenvalue weighted by molar-refractivity contribution is 7.17. The van der Waals surface area contributed by atoms with Gasteiger partial charge in [0.15, 0.2) is 0 Å². The van der Waals surface area contributed by atoms with Crippen LogP contribution in [-0.4, -0.2) is 23.3 Å². The summed E-state index contributed by atoms with van der Waals surface area (Å²) >= 11 is 1.56. The quantitative estimate of drug-likeness (QED) is 0.477. The van der Waals surface area contributed by atoms with E-state index in [4.69, 9.17) is 16.2 Å². The van der Waals surface area contributed by atoms with Gasteiger partial charge in [-0.15, -0.1) is 16.4 Å². The van der Waals surface area contributed by atoms with E-state index < -0.39 is 0 Å². The van der Waals surface area contributed by atoms with Crippen LogP contribution in [0, 0.1) is 12.8 Å². The van der Waals surface area contributed by atoms with E-state index in [2.05, 4.69) is 29.0 Å². The molecule has 0 spiro atoms. The number of benzene rings is 1. The van der Waals surface area contributed by atoms with Crippen molar-refractivity contribution in [3.63, 3.8) is 0 Å². The Morgan fingerprint density at radius 1 is 1.21 bits per heavy atom. The van der Waals surface area contributed by atoms with E-state index in [1.54, 1.807) is 11.3 Å². The first-order valence-electron chi connectivity index (χ1n) is 7.71. The second-order valence-electron chi connectivity index (χ2n) is 5.87. The number of rotatable bonds is 6. The third-order valence-electron chi connectivity index (χ3n) is 3.13. The summed E-state index contributed by atoms with van der Waals surface area (Å²) in [7, 11) is 0. The van der Waals surface area contributed by atoms with Crippen molar-refractivity contribution in [3.8, 4) is 16.3 Å². The van der Waals surface area contributed by atoms with E-state index in [0.29, 0.717) is 12.5 Å². The molecule has 0 aliphatic carbocycles. The Hall–Kier alpha value is -2.41. The fourth-order valence-electron chi connectivity index (χ4n) is 1.99. The first-order chi connectivity index (χ1) is 11.4. The van der Waals surface area contributed by atoms with Crippen LogP contribution in [0.25, 0.3) is 10.6 Å².